The van der Waals surface area contributed by atoms with Crippen molar-refractivity contribution >= 4 is 5.69 Å². The Hall–Kier alpha value is -3.12. The molecule has 2 aliphatic rings. The number of likely N-dealkylation sites (N-methyl/N-ethyl adjacent to an activating group) is 2. The Kier molecular flexibility index (Phi) is 4.82. The molecule has 2 aliphatic heterocycles. The van der Waals surface area contributed by atoms with Crippen molar-refractivity contribution in [3.8, 4) is 22.6 Å². The van der Waals surface area contributed by atoms with Gasteiger partial charge in [-0.05, 0) is 61.5 Å². The SMILES string of the molecule is COc1ccc(-c2ccn(-c3ccc4c(c3)N(C)C3CCN(C)CC43)c(=O)c2)c(F)c1. The summed E-state index contributed by atoms with van der Waals surface area (Å²) in [5, 5.41) is 0. The van der Waals surface area contributed by atoms with Crippen LogP contribution in [0, 0.1) is 5.82 Å². The average molecular weight is 420 g/mol. The Labute approximate surface area is 181 Å². The lowest BCUT2D eigenvalue weighted by Crippen LogP contribution is -2.43. The highest BCUT2D eigenvalue weighted by Gasteiger charge is 2.39. The number of benzene rings is 2. The number of likely N-dealkylation sites (tertiary alicyclic amines) is 1. The normalized spacial score (nSPS) is 20.5. The molecule has 0 N–H and O–H groups in total. The van der Waals surface area contributed by atoms with Gasteiger partial charge in [0.25, 0.3) is 5.56 Å². The van der Waals surface area contributed by atoms with Gasteiger partial charge in [0, 0.05) is 55.1 Å². The molecule has 2 unspecified atom stereocenters. The number of halogens is 1. The van der Waals surface area contributed by atoms with Gasteiger partial charge in [0.1, 0.15) is 11.6 Å². The topological polar surface area (TPSA) is 37.7 Å². The lowest BCUT2D eigenvalue weighted by Gasteiger charge is -2.35. The zero-order valence-corrected chi connectivity index (χ0v) is 18.0. The molecule has 2 atom stereocenters. The van der Waals surface area contributed by atoms with Crippen molar-refractivity contribution in [3.63, 3.8) is 0 Å². The van der Waals surface area contributed by atoms with Crippen LogP contribution in [0.4, 0.5) is 10.1 Å². The Balaban J connectivity index is 1.50. The number of hydrogen-bond acceptors (Lipinski definition) is 4. The third-order valence-corrected chi connectivity index (χ3v) is 6.76. The minimum Gasteiger partial charge on any atom is -0.497 e. The highest BCUT2D eigenvalue weighted by atomic mass is 19.1. The fourth-order valence-electron chi connectivity index (χ4n) is 5.07. The highest BCUT2D eigenvalue weighted by molar-refractivity contribution is 5.67. The number of pyridine rings is 1. The third-order valence-electron chi connectivity index (χ3n) is 6.76. The molecule has 1 saturated heterocycles. The van der Waals surface area contributed by atoms with Crippen molar-refractivity contribution in [1.82, 2.24) is 9.47 Å². The molecular formula is C25H26FN3O2. The van der Waals surface area contributed by atoms with Crippen LogP contribution in [0.2, 0.25) is 0 Å². The van der Waals surface area contributed by atoms with Gasteiger partial charge >= 0.3 is 0 Å². The Morgan fingerprint density at radius 1 is 1.06 bits per heavy atom. The van der Waals surface area contributed by atoms with Gasteiger partial charge in [-0.3, -0.25) is 9.36 Å². The van der Waals surface area contributed by atoms with Crippen molar-refractivity contribution in [2.45, 2.75) is 18.4 Å². The first kappa shape index (κ1) is 19.8. The summed E-state index contributed by atoms with van der Waals surface area (Å²) in [6, 6.07) is 14.7. The van der Waals surface area contributed by atoms with Gasteiger partial charge in [0.05, 0.1) is 12.8 Å². The summed E-state index contributed by atoms with van der Waals surface area (Å²) >= 11 is 0. The van der Waals surface area contributed by atoms with E-state index in [-0.39, 0.29) is 5.56 Å². The number of hydrogen-bond donors (Lipinski definition) is 0. The molecule has 3 aromatic rings. The van der Waals surface area contributed by atoms with Crippen LogP contribution in [0.3, 0.4) is 0 Å². The third kappa shape index (κ3) is 3.31. The lowest BCUT2D eigenvalue weighted by atomic mass is 9.89. The van der Waals surface area contributed by atoms with Gasteiger partial charge in [-0.25, -0.2) is 4.39 Å². The Morgan fingerprint density at radius 2 is 1.90 bits per heavy atom. The number of anilines is 1. The molecule has 0 bridgehead atoms. The predicted octanol–water partition coefficient (Wildman–Crippen LogP) is 3.89. The van der Waals surface area contributed by atoms with E-state index in [4.69, 9.17) is 4.74 Å². The molecule has 31 heavy (non-hydrogen) atoms. The zero-order chi connectivity index (χ0) is 21.7. The molecule has 0 amide bonds. The number of methoxy groups -OCH3 is 1. The standard InChI is InChI=1S/C25H26FN3O2/c1-27-10-9-23-21(15-27)20-6-4-17(13-24(20)28(23)2)29-11-8-16(12-25(29)30)19-7-5-18(31-3)14-22(19)26/h4-8,11-14,21,23H,9-10,15H2,1-3H3. The smallest absolute Gasteiger partial charge is 0.255 e. The number of ether oxygens (including phenoxy) is 1. The van der Waals surface area contributed by atoms with E-state index in [1.165, 1.54) is 30.5 Å². The van der Waals surface area contributed by atoms with Crippen LogP contribution in [0.5, 0.6) is 5.75 Å². The minimum absolute atomic E-state index is 0.189. The van der Waals surface area contributed by atoms with Crippen molar-refractivity contribution in [2.24, 2.45) is 0 Å². The van der Waals surface area contributed by atoms with E-state index < -0.39 is 5.82 Å². The van der Waals surface area contributed by atoms with Crippen molar-refractivity contribution in [2.75, 3.05) is 39.2 Å². The Morgan fingerprint density at radius 3 is 2.65 bits per heavy atom. The second-order valence-electron chi connectivity index (χ2n) is 8.55. The van der Waals surface area contributed by atoms with Gasteiger partial charge in [-0.1, -0.05) is 6.07 Å². The summed E-state index contributed by atoms with van der Waals surface area (Å²) in [4.78, 5) is 17.7. The lowest BCUT2D eigenvalue weighted by molar-refractivity contribution is 0.234. The summed E-state index contributed by atoms with van der Waals surface area (Å²) in [6.07, 6.45) is 2.86. The number of piperidine rings is 1. The summed E-state index contributed by atoms with van der Waals surface area (Å²) < 4.78 is 21.1. The molecule has 0 spiro atoms. The Bertz CT molecular complexity index is 1210. The fourth-order valence-corrected chi connectivity index (χ4v) is 5.07. The van der Waals surface area contributed by atoms with E-state index in [0.717, 1.165) is 25.2 Å². The van der Waals surface area contributed by atoms with Crippen LogP contribution in [-0.2, 0) is 0 Å². The first-order valence-corrected chi connectivity index (χ1v) is 10.6. The van der Waals surface area contributed by atoms with Crippen LogP contribution >= 0.6 is 0 Å². The molecule has 1 fully saturated rings. The first-order valence-electron chi connectivity index (χ1n) is 10.6. The van der Waals surface area contributed by atoms with Gasteiger partial charge in [-0.2, -0.15) is 0 Å². The zero-order valence-electron chi connectivity index (χ0n) is 18.0. The number of aromatic nitrogens is 1. The van der Waals surface area contributed by atoms with Crippen LogP contribution in [0.25, 0.3) is 16.8 Å². The molecule has 3 heterocycles. The van der Waals surface area contributed by atoms with E-state index in [1.807, 2.05) is 6.07 Å². The minimum atomic E-state index is -0.414. The quantitative estimate of drug-likeness (QED) is 0.646. The maximum atomic E-state index is 14.4. The van der Waals surface area contributed by atoms with Gasteiger partial charge < -0.3 is 14.5 Å². The van der Waals surface area contributed by atoms with Crippen molar-refractivity contribution in [3.05, 3.63) is 76.5 Å². The van der Waals surface area contributed by atoms with Crippen LogP contribution in [0.15, 0.2) is 59.5 Å². The largest absolute Gasteiger partial charge is 0.497 e. The monoisotopic (exact) mass is 419 g/mol. The van der Waals surface area contributed by atoms with Crippen molar-refractivity contribution < 1.29 is 9.13 Å². The van der Waals surface area contributed by atoms with E-state index in [9.17, 15) is 9.18 Å². The number of rotatable bonds is 3. The van der Waals surface area contributed by atoms with Crippen LogP contribution < -0.4 is 15.2 Å². The molecule has 6 heteroatoms. The molecular weight excluding hydrogens is 393 g/mol. The second kappa shape index (κ2) is 7.54. The molecule has 2 aromatic carbocycles. The van der Waals surface area contributed by atoms with E-state index in [0.29, 0.717) is 28.8 Å². The molecule has 160 valence electrons. The molecule has 1 aromatic heterocycles. The molecule has 0 aliphatic carbocycles. The highest BCUT2D eigenvalue weighted by Crippen LogP contribution is 2.44. The summed E-state index contributed by atoms with van der Waals surface area (Å²) in [7, 11) is 5.82. The molecule has 0 saturated carbocycles. The molecule has 5 rings (SSSR count). The van der Waals surface area contributed by atoms with Crippen molar-refractivity contribution in [1.29, 1.82) is 0 Å². The number of fused-ring (bicyclic) bond motifs is 3. The predicted molar refractivity (Wildman–Crippen MR) is 121 cm³/mol. The summed E-state index contributed by atoms with van der Waals surface area (Å²) in [5.74, 6) is 0.539. The van der Waals surface area contributed by atoms with E-state index in [2.05, 4.69) is 36.0 Å². The summed E-state index contributed by atoms with van der Waals surface area (Å²) in [5.41, 5.74) is 4.11. The van der Waals surface area contributed by atoms with E-state index in [1.54, 1.807) is 29.0 Å². The van der Waals surface area contributed by atoms with Gasteiger partial charge in [0.2, 0.25) is 0 Å². The number of nitrogens with zero attached hydrogens (tertiary/aromatic N) is 3. The van der Waals surface area contributed by atoms with Crippen LogP contribution in [-0.4, -0.2) is 49.8 Å². The van der Waals surface area contributed by atoms with Gasteiger partial charge in [0.15, 0.2) is 0 Å². The maximum absolute atomic E-state index is 14.4. The average Bonchev–Trinajstić information content (AvgIpc) is 3.04. The summed E-state index contributed by atoms with van der Waals surface area (Å²) in [6.45, 7) is 2.17. The van der Waals surface area contributed by atoms with Crippen LogP contribution in [0.1, 0.15) is 17.9 Å². The molecule has 5 nitrogen and oxygen atoms in total. The van der Waals surface area contributed by atoms with Gasteiger partial charge in [-0.15, -0.1) is 0 Å². The second-order valence-corrected chi connectivity index (χ2v) is 8.55. The molecule has 0 radical (unpaired) electrons. The van der Waals surface area contributed by atoms with E-state index >= 15 is 0 Å². The maximum Gasteiger partial charge on any atom is 0.255 e. The first-order chi connectivity index (χ1) is 15.0. The fraction of sp³-hybridized carbons (Fsp3) is 0.320.